The van der Waals surface area contributed by atoms with E-state index >= 15 is 0 Å². The molecule has 2 aromatic rings. The highest BCUT2D eigenvalue weighted by Gasteiger charge is 2.12. The summed E-state index contributed by atoms with van der Waals surface area (Å²) in [7, 11) is 0. The second kappa shape index (κ2) is 4.85. The number of anilines is 1. The second-order valence-corrected chi connectivity index (χ2v) is 5.29. The molecule has 2 rings (SSSR count). The fourth-order valence-corrected chi connectivity index (χ4v) is 2.60. The van der Waals surface area contributed by atoms with Crippen LogP contribution in [0.2, 0.25) is 0 Å². The van der Waals surface area contributed by atoms with Gasteiger partial charge in [-0.3, -0.25) is 0 Å². The Bertz CT molecular complexity index is 545. The Morgan fingerprint density at radius 3 is 2.28 bits per heavy atom. The predicted octanol–water partition coefficient (Wildman–Crippen LogP) is 4.68. The molecule has 0 aliphatic heterocycles. The molecule has 0 aliphatic rings. The van der Waals surface area contributed by atoms with Crippen molar-refractivity contribution in [3.05, 3.63) is 53.1 Å². The Morgan fingerprint density at radius 1 is 1.00 bits per heavy atom. The molecule has 94 valence electrons. The van der Waals surface area contributed by atoms with Crippen LogP contribution in [0.4, 0.5) is 5.69 Å². The molecule has 0 amide bonds. The predicted molar refractivity (Wildman–Crippen MR) is 79.9 cm³/mol. The molecule has 1 nitrogen and oxygen atoms in total. The number of hydrogen-bond acceptors (Lipinski definition) is 1. The van der Waals surface area contributed by atoms with Crippen LogP contribution >= 0.6 is 0 Å². The van der Waals surface area contributed by atoms with E-state index in [0.29, 0.717) is 5.92 Å². The Hall–Kier alpha value is -1.76. The van der Waals surface area contributed by atoms with Crippen LogP contribution < -0.4 is 5.73 Å². The molecular formula is C17H21N. The highest BCUT2D eigenvalue weighted by atomic mass is 14.6. The van der Waals surface area contributed by atoms with Crippen LogP contribution in [0.25, 0.3) is 11.1 Å². The summed E-state index contributed by atoms with van der Waals surface area (Å²) in [5, 5.41) is 0. The average Bonchev–Trinajstić information content (AvgIpc) is 2.28. The van der Waals surface area contributed by atoms with Crippen molar-refractivity contribution in [2.75, 3.05) is 5.73 Å². The van der Waals surface area contributed by atoms with Crippen LogP contribution in [0.5, 0.6) is 0 Å². The Morgan fingerprint density at radius 2 is 1.67 bits per heavy atom. The second-order valence-electron chi connectivity index (χ2n) is 5.29. The maximum atomic E-state index is 6.22. The molecular weight excluding hydrogens is 218 g/mol. The molecule has 0 atom stereocenters. The molecule has 0 saturated heterocycles. The zero-order chi connectivity index (χ0) is 13.3. The molecule has 0 spiro atoms. The normalized spacial score (nSPS) is 10.9. The van der Waals surface area contributed by atoms with Gasteiger partial charge in [-0.1, -0.05) is 44.2 Å². The number of rotatable bonds is 2. The van der Waals surface area contributed by atoms with Crippen molar-refractivity contribution in [1.29, 1.82) is 0 Å². The zero-order valence-corrected chi connectivity index (χ0v) is 11.6. The first-order chi connectivity index (χ1) is 8.50. The topological polar surface area (TPSA) is 26.0 Å². The Kier molecular flexibility index (Phi) is 3.42. The lowest BCUT2D eigenvalue weighted by Gasteiger charge is -2.17. The van der Waals surface area contributed by atoms with E-state index < -0.39 is 0 Å². The van der Waals surface area contributed by atoms with Gasteiger partial charge in [0.2, 0.25) is 0 Å². The standard InChI is InChI=1S/C17H21N/c1-11(2)14-7-5-6-8-15(14)17-13(4)9-12(3)10-16(17)18/h5-11H,18H2,1-4H3. The van der Waals surface area contributed by atoms with E-state index in [-0.39, 0.29) is 0 Å². The van der Waals surface area contributed by atoms with Crippen LogP contribution in [0.1, 0.15) is 36.5 Å². The molecule has 0 fully saturated rings. The third-order valence-electron chi connectivity index (χ3n) is 3.36. The first kappa shape index (κ1) is 12.7. The monoisotopic (exact) mass is 239 g/mol. The van der Waals surface area contributed by atoms with Crippen LogP contribution in [-0.2, 0) is 0 Å². The highest BCUT2D eigenvalue weighted by Crippen LogP contribution is 2.35. The van der Waals surface area contributed by atoms with Crippen molar-refractivity contribution in [1.82, 2.24) is 0 Å². The summed E-state index contributed by atoms with van der Waals surface area (Å²) in [4.78, 5) is 0. The largest absolute Gasteiger partial charge is 0.398 e. The van der Waals surface area contributed by atoms with Crippen LogP contribution in [-0.4, -0.2) is 0 Å². The third kappa shape index (κ3) is 2.26. The van der Waals surface area contributed by atoms with Crippen LogP contribution in [0.15, 0.2) is 36.4 Å². The minimum Gasteiger partial charge on any atom is -0.398 e. The summed E-state index contributed by atoms with van der Waals surface area (Å²) >= 11 is 0. The molecule has 1 heteroatoms. The molecule has 0 radical (unpaired) electrons. The zero-order valence-electron chi connectivity index (χ0n) is 11.6. The van der Waals surface area contributed by atoms with Gasteiger partial charge in [-0.25, -0.2) is 0 Å². The fraction of sp³-hybridized carbons (Fsp3) is 0.294. The van der Waals surface area contributed by atoms with Gasteiger partial charge < -0.3 is 5.73 Å². The summed E-state index contributed by atoms with van der Waals surface area (Å²) in [6.45, 7) is 8.66. The Balaban J connectivity index is 2.70. The van der Waals surface area contributed by atoms with Crippen molar-refractivity contribution in [3.63, 3.8) is 0 Å². The minimum atomic E-state index is 0.501. The summed E-state index contributed by atoms with van der Waals surface area (Å²) < 4.78 is 0. The molecule has 0 aliphatic carbocycles. The molecule has 0 aromatic heterocycles. The number of aryl methyl sites for hydroxylation is 2. The number of nitrogens with two attached hydrogens (primary N) is 1. The summed E-state index contributed by atoms with van der Waals surface area (Å²) in [6.07, 6.45) is 0. The summed E-state index contributed by atoms with van der Waals surface area (Å²) in [5.74, 6) is 0.501. The van der Waals surface area contributed by atoms with Crippen molar-refractivity contribution >= 4 is 5.69 Å². The third-order valence-corrected chi connectivity index (χ3v) is 3.36. The van der Waals surface area contributed by atoms with E-state index in [0.717, 1.165) is 5.69 Å². The van der Waals surface area contributed by atoms with Crippen molar-refractivity contribution in [2.24, 2.45) is 0 Å². The minimum absolute atomic E-state index is 0.501. The van der Waals surface area contributed by atoms with Gasteiger partial charge in [0, 0.05) is 11.3 Å². The number of benzene rings is 2. The van der Waals surface area contributed by atoms with Crippen molar-refractivity contribution < 1.29 is 0 Å². The Labute approximate surface area is 110 Å². The lowest BCUT2D eigenvalue weighted by Crippen LogP contribution is -1.98. The van der Waals surface area contributed by atoms with Crippen molar-refractivity contribution in [2.45, 2.75) is 33.6 Å². The highest BCUT2D eigenvalue weighted by molar-refractivity contribution is 5.82. The van der Waals surface area contributed by atoms with Gasteiger partial charge in [-0.15, -0.1) is 0 Å². The SMILES string of the molecule is Cc1cc(C)c(-c2ccccc2C(C)C)c(N)c1. The molecule has 0 saturated carbocycles. The van der Waals surface area contributed by atoms with Gasteiger partial charge in [0.1, 0.15) is 0 Å². The molecule has 0 unspecified atom stereocenters. The van der Waals surface area contributed by atoms with E-state index in [1.165, 1.54) is 27.8 Å². The molecule has 2 aromatic carbocycles. The van der Waals surface area contributed by atoms with Gasteiger partial charge >= 0.3 is 0 Å². The smallest absolute Gasteiger partial charge is 0.0399 e. The van der Waals surface area contributed by atoms with Crippen molar-refractivity contribution in [3.8, 4) is 11.1 Å². The van der Waals surface area contributed by atoms with Gasteiger partial charge in [-0.2, -0.15) is 0 Å². The lowest BCUT2D eigenvalue weighted by molar-refractivity contribution is 0.869. The van der Waals surface area contributed by atoms with E-state index in [9.17, 15) is 0 Å². The van der Waals surface area contributed by atoms with E-state index in [4.69, 9.17) is 5.73 Å². The van der Waals surface area contributed by atoms with Crippen LogP contribution in [0, 0.1) is 13.8 Å². The number of hydrogen-bond donors (Lipinski definition) is 1. The summed E-state index contributed by atoms with van der Waals surface area (Å²) in [5.41, 5.74) is 13.4. The molecule has 0 bridgehead atoms. The first-order valence-corrected chi connectivity index (χ1v) is 6.46. The van der Waals surface area contributed by atoms with Gasteiger partial charge in [0.15, 0.2) is 0 Å². The first-order valence-electron chi connectivity index (χ1n) is 6.46. The summed E-state index contributed by atoms with van der Waals surface area (Å²) in [6, 6.07) is 12.8. The molecule has 18 heavy (non-hydrogen) atoms. The van der Waals surface area contributed by atoms with E-state index in [1.807, 2.05) is 0 Å². The molecule has 2 N–H and O–H groups in total. The lowest BCUT2D eigenvalue weighted by atomic mass is 9.89. The quantitative estimate of drug-likeness (QED) is 0.757. The fourth-order valence-electron chi connectivity index (χ4n) is 2.60. The van der Waals surface area contributed by atoms with Gasteiger partial charge in [0.05, 0.1) is 0 Å². The maximum absolute atomic E-state index is 6.22. The van der Waals surface area contributed by atoms with E-state index in [2.05, 4.69) is 64.1 Å². The molecule has 0 heterocycles. The maximum Gasteiger partial charge on any atom is 0.0399 e. The van der Waals surface area contributed by atoms with Gasteiger partial charge in [-0.05, 0) is 48.1 Å². The number of nitrogen functional groups attached to an aromatic ring is 1. The van der Waals surface area contributed by atoms with Gasteiger partial charge in [0.25, 0.3) is 0 Å². The average molecular weight is 239 g/mol. The van der Waals surface area contributed by atoms with E-state index in [1.54, 1.807) is 0 Å². The van der Waals surface area contributed by atoms with Crippen LogP contribution in [0.3, 0.4) is 0 Å².